The summed E-state index contributed by atoms with van der Waals surface area (Å²) < 4.78 is 40.0. The van der Waals surface area contributed by atoms with Crippen LogP contribution in [0.25, 0.3) is 43.8 Å². The maximum atomic E-state index is 13.0. The number of aromatic nitrogens is 5. The van der Waals surface area contributed by atoms with E-state index in [1.54, 1.807) is 6.07 Å². The fraction of sp³-hybridized carbons (Fsp3) is 0.486. The number of nitrogen functional groups attached to an aromatic ring is 2. The highest BCUT2D eigenvalue weighted by Gasteiger charge is 2.22. The third-order valence-corrected chi connectivity index (χ3v) is 8.92. The zero-order valence-corrected chi connectivity index (χ0v) is 31.2. The Morgan fingerprint density at radius 3 is 2.21 bits per heavy atom. The maximum absolute atomic E-state index is 13.0. The number of anilines is 2. The van der Waals surface area contributed by atoms with Crippen LogP contribution >= 0.6 is 0 Å². The number of carbonyl (C=O) groups is 1. The van der Waals surface area contributed by atoms with Crippen LogP contribution in [0.2, 0.25) is 0 Å². The largest absolute Gasteiger partial charge is 0.424 e. The Morgan fingerprint density at radius 1 is 0.839 bits per heavy atom. The molecule has 19 heteroatoms. The molecule has 4 N–H and O–H groups in total. The van der Waals surface area contributed by atoms with E-state index in [4.69, 9.17) is 54.9 Å². The van der Waals surface area contributed by atoms with E-state index in [0.717, 1.165) is 23.1 Å². The van der Waals surface area contributed by atoms with Crippen LogP contribution in [0, 0.1) is 0 Å². The van der Waals surface area contributed by atoms with Crippen molar-refractivity contribution < 1.29 is 37.6 Å². The second kappa shape index (κ2) is 21.1. The molecule has 0 atom stereocenters. The van der Waals surface area contributed by atoms with Gasteiger partial charge in [-0.25, -0.2) is 14.6 Å². The van der Waals surface area contributed by atoms with Crippen molar-refractivity contribution in [3.05, 3.63) is 69.9 Å². The summed E-state index contributed by atoms with van der Waals surface area (Å²) in [5, 5.41) is 8.96. The number of fused-ring (bicyclic) bond motifs is 3. The first-order valence-electron chi connectivity index (χ1n) is 18.5. The third-order valence-electron chi connectivity index (χ3n) is 8.92. The molecule has 298 valence electrons. The normalized spacial score (nSPS) is 12.7. The summed E-state index contributed by atoms with van der Waals surface area (Å²) in [6.45, 7) is 7.18. The van der Waals surface area contributed by atoms with Crippen LogP contribution in [-0.4, -0.2) is 128 Å². The molecule has 0 radical (unpaired) electrons. The molecule has 1 aliphatic rings. The first kappa shape index (κ1) is 40.3. The number of oxazole rings is 1. The minimum Gasteiger partial charge on any atom is -0.424 e. The molecule has 4 heterocycles. The molecule has 5 aromatic rings. The van der Waals surface area contributed by atoms with Crippen molar-refractivity contribution in [2.45, 2.75) is 25.9 Å². The lowest BCUT2D eigenvalue weighted by atomic mass is 9.97. The van der Waals surface area contributed by atoms with Crippen molar-refractivity contribution in [2.75, 3.05) is 104 Å². The molecule has 2 aromatic carbocycles. The molecule has 0 saturated heterocycles. The molecule has 1 amide bonds. The average Bonchev–Trinajstić information content (AvgIpc) is 3.77. The SMILES string of the molecule is [N-]=[N+]=NCCOCCOCCOCCOCCOCCOCCC(=O)N1CCc2cc(Cn3nc(-c4ccc5oc(N)nc5c4)c4c(N)ncnc43)ccc2C1. The lowest BCUT2D eigenvalue weighted by Gasteiger charge is -2.29. The first-order valence-corrected chi connectivity index (χ1v) is 18.5. The Balaban J connectivity index is 0.845. The zero-order valence-electron chi connectivity index (χ0n) is 31.2. The molecule has 0 aliphatic carbocycles. The van der Waals surface area contributed by atoms with Gasteiger partial charge in [-0.3, -0.25) is 4.79 Å². The molecular formula is C37H47N11O8. The van der Waals surface area contributed by atoms with Gasteiger partial charge in [0.2, 0.25) is 5.91 Å². The quantitative estimate of drug-likeness (QED) is 0.0394. The lowest BCUT2D eigenvalue weighted by Crippen LogP contribution is -2.36. The molecule has 0 fully saturated rings. The standard InChI is InChI=1S/C37H47N11O8/c38-35-33-34(28-3-4-31-30(22-28)44-37(39)56-31)45-48(36(33)42-25-41-35)23-26-1-2-29-24-47(8-5-27(29)21-26)32(49)6-9-50-11-13-52-15-17-54-19-20-55-18-16-53-14-12-51-10-7-43-46-40/h1-4,21-22,25H,5-20,23-24H2,(H2,39,44)(H2,38,41,42). The van der Waals surface area contributed by atoms with Gasteiger partial charge in [-0.05, 0) is 46.8 Å². The van der Waals surface area contributed by atoms with Crippen LogP contribution in [0.5, 0.6) is 0 Å². The average molecular weight is 774 g/mol. The predicted octanol–water partition coefficient (Wildman–Crippen LogP) is 3.53. The van der Waals surface area contributed by atoms with E-state index in [2.05, 4.69) is 43.2 Å². The van der Waals surface area contributed by atoms with Crippen molar-refractivity contribution >= 4 is 39.9 Å². The van der Waals surface area contributed by atoms with E-state index < -0.39 is 0 Å². The van der Waals surface area contributed by atoms with Gasteiger partial charge in [0.1, 0.15) is 23.4 Å². The Morgan fingerprint density at radius 2 is 1.52 bits per heavy atom. The van der Waals surface area contributed by atoms with Crippen molar-refractivity contribution in [1.82, 2.24) is 29.6 Å². The summed E-state index contributed by atoms with van der Waals surface area (Å²) in [6, 6.07) is 12.0. The molecule has 0 spiro atoms. The Hall–Kier alpha value is -5.40. The Labute approximate surface area is 322 Å². The monoisotopic (exact) mass is 773 g/mol. The molecule has 0 bridgehead atoms. The third kappa shape index (κ3) is 11.3. The van der Waals surface area contributed by atoms with E-state index >= 15 is 0 Å². The number of ether oxygens (including phenoxy) is 6. The van der Waals surface area contributed by atoms with Gasteiger partial charge in [-0.2, -0.15) is 10.1 Å². The van der Waals surface area contributed by atoms with E-state index in [1.165, 1.54) is 11.9 Å². The maximum Gasteiger partial charge on any atom is 0.292 e. The molecule has 0 unspecified atom stereocenters. The summed E-state index contributed by atoms with van der Waals surface area (Å²) in [6.07, 6.45) is 2.51. The van der Waals surface area contributed by atoms with Crippen LogP contribution in [0.3, 0.4) is 0 Å². The van der Waals surface area contributed by atoms with Gasteiger partial charge < -0.3 is 49.2 Å². The van der Waals surface area contributed by atoms with Gasteiger partial charge in [0.05, 0.1) is 97.6 Å². The summed E-state index contributed by atoms with van der Waals surface area (Å²) >= 11 is 0. The van der Waals surface area contributed by atoms with Crippen LogP contribution < -0.4 is 11.5 Å². The molecule has 1 aliphatic heterocycles. The van der Waals surface area contributed by atoms with E-state index in [9.17, 15) is 4.79 Å². The van der Waals surface area contributed by atoms with Gasteiger partial charge in [0.15, 0.2) is 11.2 Å². The van der Waals surface area contributed by atoms with E-state index in [1.807, 2.05) is 21.7 Å². The second-order valence-corrected chi connectivity index (χ2v) is 12.7. The Bertz CT molecular complexity index is 2080. The van der Waals surface area contributed by atoms with Crippen molar-refractivity contribution in [3.8, 4) is 11.3 Å². The first-order chi connectivity index (χ1) is 27.5. The fourth-order valence-electron chi connectivity index (χ4n) is 6.20. The molecule has 56 heavy (non-hydrogen) atoms. The van der Waals surface area contributed by atoms with Crippen molar-refractivity contribution in [3.63, 3.8) is 0 Å². The van der Waals surface area contributed by atoms with Gasteiger partial charge in [-0.1, -0.05) is 23.3 Å². The highest BCUT2D eigenvalue weighted by Crippen LogP contribution is 2.33. The highest BCUT2D eigenvalue weighted by atomic mass is 16.6. The number of nitrogens with zero attached hydrogens (tertiary/aromatic N) is 9. The molecular weight excluding hydrogens is 726 g/mol. The topological polar surface area (TPSA) is 246 Å². The van der Waals surface area contributed by atoms with Gasteiger partial charge in [0, 0.05) is 30.1 Å². The van der Waals surface area contributed by atoms with Crippen LogP contribution in [0.4, 0.5) is 11.8 Å². The molecule has 6 rings (SSSR count). The van der Waals surface area contributed by atoms with Crippen LogP contribution in [-0.2, 0) is 52.7 Å². The number of nitrogens with two attached hydrogens (primary N) is 2. The molecule has 0 saturated carbocycles. The smallest absolute Gasteiger partial charge is 0.292 e. The number of rotatable bonds is 24. The number of azide groups is 1. The molecule has 19 nitrogen and oxygen atoms in total. The summed E-state index contributed by atoms with van der Waals surface area (Å²) in [5.74, 6) is 0.403. The minimum atomic E-state index is 0.0649. The van der Waals surface area contributed by atoms with Gasteiger partial charge in [0.25, 0.3) is 6.01 Å². The molecule has 3 aromatic heterocycles. The van der Waals surface area contributed by atoms with Crippen molar-refractivity contribution in [2.24, 2.45) is 5.11 Å². The predicted molar refractivity (Wildman–Crippen MR) is 205 cm³/mol. The van der Waals surface area contributed by atoms with E-state index in [-0.39, 0.29) is 11.9 Å². The summed E-state index contributed by atoms with van der Waals surface area (Å²) in [4.78, 5) is 30.5. The van der Waals surface area contributed by atoms with Crippen molar-refractivity contribution in [1.29, 1.82) is 0 Å². The minimum absolute atomic E-state index is 0.0649. The highest BCUT2D eigenvalue weighted by molar-refractivity contribution is 5.99. The van der Waals surface area contributed by atoms with Crippen LogP contribution in [0.15, 0.2) is 52.3 Å². The zero-order chi connectivity index (χ0) is 39.0. The fourth-order valence-corrected chi connectivity index (χ4v) is 6.20. The number of hydrogen-bond acceptors (Lipinski definition) is 15. The second-order valence-electron chi connectivity index (χ2n) is 12.7. The number of carbonyl (C=O) groups excluding carboxylic acids is 1. The van der Waals surface area contributed by atoms with Crippen LogP contribution in [0.1, 0.15) is 23.1 Å². The lowest BCUT2D eigenvalue weighted by molar-refractivity contribution is -0.133. The summed E-state index contributed by atoms with van der Waals surface area (Å²) in [5.41, 5.74) is 26.9. The number of hydrogen-bond donors (Lipinski definition) is 2. The van der Waals surface area contributed by atoms with Gasteiger partial charge >= 0.3 is 0 Å². The van der Waals surface area contributed by atoms with E-state index in [0.29, 0.717) is 146 Å². The number of amides is 1. The van der Waals surface area contributed by atoms with Gasteiger partial charge in [-0.15, -0.1) is 0 Å². The Kier molecular flexibility index (Phi) is 15.1. The number of benzene rings is 2. The summed E-state index contributed by atoms with van der Waals surface area (Å²) in [7, 11) is 0.